The molecule has 4 atom stereocenters. The molecule has 574 valence electrons. The highest BCUT2D eigenvalue weighted by atomic mass is 35.7. The summed E-state index contributed by atoms with van der Waals surface area (Å²) >= 11 is 6.13. The van der Waals surface area contributed by atoms with E-state index in [0.29, 0.717) is 80.1 Å². The zero-order chi connectivity index (χ0) is 77.7. The number of pyridine rings is 5. The standard InChI is InChI=1S/C17H27N4O3P.C10H15N2O5P.C9H18ClN2OP.C9H13N2O5P.C8H10N2O2.C6H5NO2.C2H7NO.C2H3N.ClH/c1-14(2)21(15(3)4)25(23-12-5-8-18)24-13-11-20-17(22)16-6-9-19-10-7-16;1-12-6-3-9(4-7-12)10(13)11-5-8-17-18(14,15)16-2;1-8(2)12(9(3)4)14(10)13-7-5-6-11;1-15-17(13,14)16-7-6-11-9(12)8-2-4-10-5-3-8;11-6-5-10-8(12)7-1-3-9-4-2-7;8-6(9)5-1-3-7-4-2-5;3-1-2-4;1-2-3;/h6-7,9-10,14-15H,5,11-13H2,1-4H3,(H,20,22);3-4,6-7H,5,8H2,1-2H3,(H-,11,13,14,15);8-9H,5,7H2,1-4H3;2-5H,6-7H2,1H3,(H,11,12)(H,13,14);1-4,11H,5-6H2,(H,10,12);1-4H,(H,8,9);4H,1-3H2;1H3;1H/p-2. The van der Waals surface area contributed by atoms with Crippen molar-refractivity contribution in [2.75, 3.05) is 93.2 Å². The molecule has 5 rings (SSSR count). The quantitative estimate of drug-likeness (QED) is 0.0167. The maximum atomic E-state index is 12.0. The number of phosphoric ester groups is 2. The number of aliphatic hydroxyl groups is 2. The average molecular weight is 1560 g/mol. The van der Waals surface area contributed by atoms with Crippen LogP contribution in [0.25, 0.3) is 0 Å². The van der Waals surface area contributed by atoms with E-state index in [1.807, 2.05) is 13.1 Å². The normalized spacial score (nSPS) is 11.9. The van der Waals surface area contributed by atoms with Crippen LogP contribution in [-0.4, -0.2) is 192 Å². The van der Waals surface area contributed by atoms with Crippen molar-refractivity contribution >= 4 is 72.7 Å². The first-order valence-electron chi connectivity index (χ1n) is 31.1. The van der Waals surface area contributed by atoms with Gasteiger partial charge in [-0.3, -0.25) is 48.2 Å². The molecule has 0 fully saturated rings. The molecule has 0 aromatic carbocycles. The van der Waals surface area contributed by atoms with E-state index in [-0.39, 0.29) is 99.7 Å². The van der Waals surface area contributed by atoms with Crippen LogP contribution in [0.3, 0.4) is 0 Å². The number of aromatic nitrogens is 5. The van der Waals surface area contributed by atoms with Crippen molar-refractivity contribution in [2.45, 2.75) is 99.3 Å². The molecule has 4 unspecified atom stereocenters. The number of hydrogen-bond donors (Lipinski definition) is 8. The van der Waals surface area contributed by atoms with Crippen molar-refractivity contribution in [2.24, 2.45) is 12.8 Å². The van der Waals surface area contributed by atoms with E-state index in [0.717, 1.165) is 14.2 Å². The molecule has 0 saturated carbocycles. The van der Waals surface area contributed by atoms with E-state index >= 15 is 0 Å². The lowest BCUT2D eigenvalue weighted by Gasteiger charge is -2.35. The summed E-state index contributed by atoms with van der Waals surface area (Å²) < 4.78 is 61.8. The highest BCUT2D eigenvalue weighted by Gasteiger charge is 2.27. The monoisotopic (exact) mass is 1560 g/mol. The number of aliphatic hydroxyl groups excluding tert-OH is 2. The third-order valence-electron chi connectivity index (χ3n) is 11.1. The zero-order valence-corrected chi connectivity index (χ0v) is 64.8. The number of carboxylic acids is 1. The first-order valence-corrected chi connectivity index (χ1v) is 37.2. The summed E-state index contributed by atoms with van der Waals surface area (Å²) in [7, 11) is -6.94. The van der Waals surface area contributed by atoms with Crippen molar-refractivity contribution in [3.63, 3.8) is 0 Å². The summed E-state index contributed by atoms with van der Waals surface area (Å²) in [5.74, 6) is -1.89. The zero-order valence-electron chi connectivity index (χ0n) is 59.7. The maximum absolute atomic E-state index is 12.0. The van der Waals surface area contributed by atoms with Crippen LogP contribution in [0.4, 0.5) is 0 Å². The molecule has 0 radical (unpaired) electrons. The number of nitrogens with one attached hydrogen (secondary N) is 4. The van der Waals surface area contributed by atoms with Gasteiger partial charge in [0, 0.05) is 156 Å². The van der Waals surface area contributed by atoms with Gasteiger partial charge in [-0.15, -0.1) is 0 Å². The van der Waals surface area contributed by atoms with Gasteiger partial charge < -0.3 is 96.2 Å². The van der Waals surface area contributed by atoms with Crippen LogP contribution in [0.2, 0.25) is 0 Å². The van der Waals surface area contributed by atoms with Gasteiger partial charge in [0.25, 0.3) is 47.8 Å². The van der Waals surface area contributed by atoms with Crippen molar-refractivity contribution in [1.29, 1.82) is 15.8 Å². The van der Waals surface area contributed by atoms with E-state index in [2.05, 4.69) is 130 Å². The third kappa shape index (κ3) is 54.2. The summed E-state index contributed by atoms with van der Waals surface area (Å²) in [6, 6.07) is 22.9. The number of carbonyl (C=O) groups is 5. The Morgan fingerprint density at radius 2 is 0.845 bits per heavy atom. The number of rotatable bonds is 34. The minimum Gasteiger partial charge on any atom is -1.00 e. The van der Waals surface area contributed by atoms with Crippen LogP contribution in [0.15, 0.2) is 123 Å². The van der Waals surface area contributed by atoms with Gasteiger partial charge >= 0.3 is 5.97 Å². The highest BCUT2D eigenvalue weighted by Crippen LogP contribution is 2.49. The molecule has 40 heteroatoms. The Kier molecular flexibility index (Phi) is 64.1. The molecule has 0 bridgehead atoms. The summed E-state index contributed by atoms with van der Waals surface area (Å²) in [4.78, 5) is 93.1. The summed E-state index contributed by atoms with van der Waals surface area (Å²) in [6.45, 7) is 20.1. The number of halogens is 2. The first kappa shape index (κ1) is 102. The second-order valence-corrected chi connectivity index (χ2v) is 26.9. The Bertz CT molecular complexity index is 3240. The van der Waals surface area contributed by atoms with Crippen molar-refractivity contribution in [3.8, 4) is 18.2 Å². The topological polar surface area (TPSA) is 498 Å². The minimum atomic E-state index is -4.22. The average Bonchev–Trinajstić information content (AvgIpc) is 0.884. The maximum Gasteiger partial charge on any atom is 0.335 e. The van der Waals surface area contributed by atoms with Gasteiger partial charge in [0.1, 0.15) is 7.05 Å². The van der Waals surface area contributed by atoms with E-state index in [9.17, 15) is 42.9 Å². The number of nitriles is 3. The second kappa shape index (κ2) is 64.5. The van der Waals surface area contributed by atoms with Crippen LogP contribution in [-0.2, 0) is 47.8 Å². The smallest absolute Gasteiger partial charge is 0.335 e. The lowest BCUT2D eigenvalue weighted by atomic mass is 10.2. The van der Waals surface area contributed by atoms with Crippen LogP contribution in [0, 0.1) is 34.0 Å². The molecular weight excluding hydrogens is 1470 g/mol. The van der Waals surface area contributed by atoms with Crippen molar-refractivity contribution in [1.82, 2.24) is 50.5 Å². The lowest BCUT2D eigenvalue weighted by Crippen LogP contribution is -3.00. The molecule has 34 nitrogen and oxygen atoms in total. The minimum absolute atomic E-state index is 0. The van der Waals surface area contributed by atoms with Gasteiger partial charge in [0.05, 0.1) is 88.4 Å². The van der Waals surface area contributed by atoms with Crippen LogP contribution < -0.4 is 53.8 Å². The van der Waals surface area contributed by atoms with Gasteiger partial charge in [-0.1, -0.05) is 0 Å². The number of nitrogens with two attached hydrogens (primary N) is 1. The molecule has 0 aliphatic heterocycles. The van der Waals surface area contributed by atoms with E-state index in [1.54, 1.807) is 96.3 Å². The summed E-state index contributed by atoms with van der Waals surface area (Å²) in [5.41, 5.74) is 7.10. The van der Waals surface area contributed by atoms with Gasteiger partial charge in [-0.25, -0.2) is 18.7 Å². The molecule has 0 aliphatic carbocycles. The number of aromatic carboxylic acids is 1. The fourth-order valence-electron chi connectivity index (χ4n) is 6.78. The molecule has 0 aliphatic rings. The number of aryl methyl sites for hydroxylation is 1. The number of hydrogen-bond acceptors (Lipinski definition) is 28. The summed E-state index contributed by atoms with van der Waals surface area (Å²) in [6.07, 6.45) is 16.3. The molecule has 5 heterocycles. The Morgan fingerprint density at radius 3 is 1.13 bits per heavy atom. The second-order valence-electron chi connectivity index (χ2n) is 20.3. The first-order chi connectivity index (χ1) is 48.4. The van der Waals surface area contributed by atoms with Crippen molar-refractivity contribution in [3.05, 3.63) is 150 Å². The third-order valence-corrected chi connectivity index (χ3v) is 17.6. The molecule has 0 spiro atoms. The Labute approximate surface area is 616 Å². The predicted octanol–water partition coefficient (Wildman–Crippen LogP) is 2.98. The van der Waals surface area contributed by atoms with Gasteiger partial charge in [0.15, 0.2) is 12.4 Å². The van der Waals surface area contributed by atoms with E-state index in [1.165, 1.54) is 43.8 Å². The van der Waals surface area contributed by atoms with E-state index in [4.69, 9.17) is 61.7 Å². The van der Waals surface area contributed by atoms with Gasteiger partial charge in [0.2, 0.25) is 7.65 Å². The fraction of sp³-hybridized carbons (Fsp3) is 0.476. The number of amides is 4. The largest absolute Gasteiger partial charge is 1.00 e. The number of nitrogens with zero attached hydrogens (tertiary/aromatic N) is 10. The van der Waals surface area contributed by atoms with E-state index < -0.39 is 37.8 Å². The fourth-order valence-corrected chi connectivity index (χ4v) is 11.6. The SMILES string of the molecule is CC#N.CC(C)N(C(C)C)P(Cl)OCCC#N.CC(C)N(C(C)C)P(OCCC#N)OCCNC(=O)c1ccncc1.COP(=O)([O-])OCCNC(=O)c1cc[n+](C)cc1.COP(=O)([O-])OCCNC(=O)c1ccncc1.NCCO.O=C(NCCO)c1ccncc1.O=C(O)c1ccncc1.[Cl-]. The predicted molar refractivity (Wildman–Crippen MR) is 379 cm³/mol. The molecule has 0 saturated heterocycles. The summed E-state index contributed by atoms with van der Waals surface area (Å²) in [5, 5.41) is 59.3. The molecule has 9 N–H and O–H groups in total. The van der Waals surface area contributed by atoms with Gasteiger partial charge in [-0.05, 0) is 115 Å². The Hall–Kier alpha value is -7.09. The number of carboxylic acid groups (broad SMARTS) is 1. The van der Waals surface area contributed by atoms with Gasteiger partial charge in [-0.2, -0.15) is 15.8 Å². The molecular formula is C63H97Cl2N15O19P4-2. The Balaban J connectivity index is -0.000000571. The molecule has 4 amide bonds. The number of carbonyl (C=O) groups excluding carboxylic acids is 4. The Morgan fingerprint density at radius 1 is 0.553 bits per heavy atom. The molecule has 5 aromatic rings. The lowest BCUT2D eigenvalue weighted by molar-refractivity contribution is -0.671. The van der Waals surface area contributed by atoms with Crippen molar-refractivity contribution < 1.29 is 107 Å². The molecule has 103 heavy (non-hydrogen) atoms. The van der Waals surface area contributed by atoms with Crippen LogP contribution in [0.5, 0.6) is 0 Å². The van der Waals surface area contributed by atoms with Crippen LogP contribution >= 0.6 is 43.1 Å². The number of phosphoric acid groups is 2. The highest BCUT2D eigenvalue weighted by molar-refractivity contribution is 7.78. The van der Waals surface area contributed by atoms with Crippen LogP contribution in [0.1, 0.15) is 127 Å². The molecule has 5 aromatic heterocycles.